The summed E-state index contributed by atoms with van der Waals surface area (Å²) in [7, 11) is -6.08. The second-order valence-electron chi connectivity index (χ2n) is 7.73. The van der Waals surface area contributed by atoms with Crippen LogP contribution in [-0.4, -0.2) is 46.0 Å². The highest BCUT2D eigenvalue weighted by molar-refractivity contribution is 7.90. The van der Waals surface area contributed by atoms with E-state index in [9.17, 15) is 21.6 Å². The molecule has 0 atom stereocenters. The number of hydrogen-bond donors (Lipinski definition) is 1. The third-order valence-corrected chi connectivity index (χ3v) is 8.33. The SMILES string of the molecule is CNS(=O)(=O)c1cnc(N(C(=O)CCC2CCCC2)c2ccc(S(C)(=O)=O)c(Cl)c2)cn1. The van der Waals surface area contributed by atoms with Gasteiger partial charge in [0.1, 0.15) is 0 Å². The van der Waals surface area contributed by atoms with Gasteiger partial charge in [-0.2, -0.15) is 0 Å². The highest BCUT2D eigenvalue weighted by Gasteiger charge is 2.25. The van der Waals surface area contributed by atoms with Gasteiger partial charge in [-0.1, -0.05) is 37.3 Å². The normalized spacial score (nSPS) is 15.1. The van der Waals surface area contributed by atoms with Crippen molar-refractivity contribution in [2.75, 3.05) is 18.2 Å². The Labute approximate surface area is 193 Å². The number of halogens is 1. The van der Waals surface area contributed by atoms with Gasteiger partial charge < -0.3 is 0 Å². The van der Waals surface area contributed by atoms with Crippen LogP contribution in [0.15, 0.2) is 40.5 Å². The van der Waals surface area contributed by atoms with Gasteiger partial charge in [0.15, 0.2) is 20.7 Å². The first kappa shape index (κ1) is 24.6. The number of rotatable bonds is 8. The summed E-state index contributed by atoms with van der Waals surface area (Å²) in [5.74, 6) is 0.337. The second kappa shape index (κ2) is 9.82. The molecule has 0 aliphatic heterocycles. The minimum Gasteiger partial charge on any atom is -0.274 e. The Balaban J connectivity index is 1.97. The Kier molecular flexibility index (Phi) is 7.53. The molecule has 3 rings (SSSR count). The van der Waals surface area contributed by atoms with Crippen molar-refractivity contribution in [3.63, 3.8) is 0 Å². The van der Waals surface area contributed by atoms with Crippen molar-refractivity contribution in [1.82, 2.24) is 14.7 Å². The molecule has 174 valence electrons. The maximum Gasteiger partial charge on any atom is 0.259 e. The molecule has 1 aromatic heterocycles. The summed E-state index contributed by atoms with van der Waals surface area (Å²) >= 11 is 6.19. The fourth-order valence-corrected chi connectivity index (χ4v) is 5.66. The number of carbonyl (C=O) groups excluding carboxylic acids is 1. The van der Waals surface area contributed by atoms with Crippen LogP contribution in [0, 0.1) is 5.92 Å². The van der Waals surface area contributed by atoms with E-state index in [4.69, 9.17) is 11.6 Å². The topological polar surface area (TPSA) is 126 Å². The Morgan fingerprint density at radius 2 is 1.84 bits per heavy atom. The lowest BCUT2D eigenvalue weighted by Crippen LogP contribution is -2.28. The van der Waals surface area contributed by atoms with Gasteiger partial charge in [0.25, 0.3) is 10.0 Å². The Morgan fingerprint density at radius 1 is 1.16 bits per heavy atom. The van der Waals surface area contributed by atoms with E-state index in [0.717, 1.165) is 44.6 Å². The molecule has 0 spiro atoms. The third kappa shape index (κ3) is 5.64. The van der Waals surface area contributed by atoms with Crippen LogP contribution in [-0.2, 0) is 24.7 Å². The first-order valence-electron chi connectivity index (χ1n) is 10.1. The van der Waals surface area contributed by atoms with E-state index in [1.807, 2.05) is 0 Å². The summed E-state index contributed by atoms with van der Waals surface area (Å²) in [6.07, 6.45) is 8.80. The number of sulfone groups is 1. The number of nitrogens with zero attached hydrogens (tertiary/aromatic N) is 3. The van der Waals surface area contributed by atoms with Crippen LogP contribution in [0.3, 0.4) is 0 Å². The standard InChI is InChI=1S/C20H25ClN4O5S2/c1-22-32(29,30)19-13-23-18(12-24-19)25(20(26)10-7-14-5-3-4-6-14)15-8-9-17(16(21)11-15)31(2,27)28/h8-9,11-14,22H,3-7,10H2,1-2H3. The first-order valence-corrected chi connectivity index (χ1v) is 13.9. The summed E-state index contributed by atoms with van der Waals surface area (Å²) in [5.41, 5.74) is 0.317. The fraction of sp³-hybridized carbons (Fsp3) is 0.450. The predicted octanol–water partition coefficient (Wildman–Crippen LogP) is 3.08. The van der Waals surface area contributed by atoms with Gasteiger partial charge in [0.05, 0.1) is 28.0 Å². The van der Waals surface area contributed by atoms with Crippen LogP contribution in [0.5, 0.6) is 0 Å². The molecule has 1 N–H and O–H groups in total. The molecule has 1 fully saturated rings. The highest BCUT2D eigenvalue weighted by Crippen LogP contribution is 2.33. The van der Waals surface area contributed by atoms with Gasteiger partial charge in [-0.15, -0.1) is 0 Å². The highest BCUT2D eigenvalue weighted by atomic mass is 35.5. The second-order valence-corrected chi connectivity index (χ2v) is 12.0. The molecule has 0 radical (unpaired) electrons. The number of hydrogen-bond acceptors (Lipinski definition) is 7. The smallest absolute Gasteiger partial charge is 0.259 e. The van der Waals surface area contributed by atoms with Crippen LogP contribution in [0.1, 0.15) is 38.5 Å². The zero-order valence-electron chi connectivity index (χ0n) is 17.8. The molecule has 9 nitrogen and oxygen atoms in total. The van der Waals surface area contributed by atoms with Crippen LogP contribution in [0.25, 0.3) is 0 Å². The molecular weight excluding hydrogens is 476 g/mol. The van der Waals surface area contributed by atoms with Gasteiger partial charge >= 0.3 is 0 Å². The van der Waals surface area contributed by atoms with E-state index in [1.165, 1.54) is 36.3 Å². The molecule has 1 saturated carbocycles. The molecule has 1 aliphatic rings. The number of benzene rings is 1. The van der Waals surface area contributed by atoms with Crippen molar-refractivity contribution in [3.05, 3.63) is 35.6 Å². The third-order valence-electron chi connectivity index (χ3n) is 5.45. The summed E-state index contributed by atoms with van der Waals surface area (Å²) in [6, 6.07) is 4.18. The molecule has 32 heavy (non-hydrogen) atoms. The van der Waals surface area contributed by atoms with E-state index in [2.05, 4.69) is 14.7 Å². The van der Waals surface area contributed by atoms with Crippen molar-refractivity contribution < 1.29 is 21.6 Å². The molecular formula is C20H25ClN4O5S2. The summed E-state index contributed by atoms with van der Waals surface area (Å²) in [6.45, 7) is 0. The zero-order valence-corrected chi connectivity index (χ0v) is 20.2. The van der Waals surface area contributed by atoms with E-state index >= 15 is 0 Å². The molecule has 2 aromatic rings. The Morgan fingerprint density at radius 3 is 2.38 bits per heavy atom. The van der Waals surface area contributed by atoms with Crippen LogP contribution >= 0.6 is 11.6 Å². The van der Waals surface area contributed by atoms with Gasteiger partial charge in [-0.3, -0.25) is 9.69 Å². The monoisotopic (exact) mass is 500 g/mol. The molecule has 12 heteroatoms. The lowest BCUT2D eigenvalue weighted by molar-refractivity contribution is -0.118. The van der Waals surface area contributed by atoms with Crippen LogP contribution in [0.2, 0.25) is 5.02 Å². The molecule has 0 bridgehead atoms. The number of anilines is 2. The first-order chi connectivity index (χ1) is 15.0. The summed E-state index contributed by atoms with van der Waals surface area (Å²) in [4.78, 5) is 22.5. The Bertz CT molecular complexity index is 1190. The van der Waals surface area contributed by atoms with Crippen molar-refractivity contribution >= 4 is 48.9 Å². The van der Waals surface area contributed by atoms with Crippen molar-refractivity contribution in [2.24, 2.45) is 5.92 Å². The minimum absolute atomic E-state index is 0.0269. The number of nitrogens with one attached hydrogen (secondary N) is 1. The van der Waals surface area contributed by atoms with Gasteiger partial charge in [-0.25, -0.2) is 31.5 Å². The fourth-order valence-electron chi connectivity index (χ4n) is 3.74. The maximum absolute atomic E-state index is 13.2. The molecule has 1 amide bonds. The molecule has 0 unspecified atom stereocenters. The molecule has 1 aromatic carbocycles. The lowest BCUT2D eigenvalue weighted by atomic mass is 10.0. The number of aromatic nitrogens is 2. The van der Waals surface area contributed by atoms with Crippen molar-refractivity contribution in [2.45, 2.75) is 48.4 Å². The van der Waals surface area contributed by atoms with Crippen molar-refractivity contribution in [3.8, 4) is 0 Å². The van der Waals surface area contributed by atoms with Crippen molar-refractivity contribution in [1.29, 1.82) is 0 Å². The van der Waals surface area contributed by atoms with E-state index in [0.29, 0.717) is 11.6 Å². The number of amides is 1. The van der Waals surface area contributed by atoms with E-state index in [-0.39, 0.29) is 33.1 Å². The number of sulfonamides is 1. The average molecular weight is 501 g/mol. The number of carbonyl (C=O) groups is 1. The predicted molar refractivity (Wildman–Crippen MR) is 121 cm³/mol. The molecule has 0 saturated heterocycles. The zero-order chi connectivity index (χ0) is 23.5. The van der Waals surface area contributed by atoms with E-state index < -0.39 is 19.9 Å². The van der Waals surface area contributed by atoms with Crippen LogP contribution in [0.4, 0.5) is 11.5 Å². The summed E-state index contributed by atoms with van der Waals surface area (Å²) in [5, 5.41) is -0.312. The van der Waals surface area contributed by atoms with Gasteiger partial charge in [0.2, 0.25) is 5.91 Å². The van der Waals surface area contributed by atoms with Gasteiger partial charge in [0, 0.05) is 12.7 Å². The van der Waals surface area contributed by atoms with Crippen LogP contribution < -0.4 is 9.62 Å². The van der Waals surface area contributed by atoms with E-state index in [1.54, 1.807) is 0 Å². The molecule has 1 heterocycles. The summed E-state index contributed by atoms with van der Waals surface area (Å²) < 4.78 is 49.8. The molecule has 1 aliphatic carbocycles. The lowest BCUT2D eigenvalue weighted by Gasteiger charge is -2.23. The quantitative estimate of drug-likeness (QED) is 0.590. The average Bonchev–Trinajstić information content (AvgIpc) is 3.26. The maximum atomic E-state index is 13.2. The Hall–Kier alpha value is -2.08. The largest absolute Gasteiger partial charge is 0.274 e. The minimum atomic E-state index is -3.79. The van der Waals surface area contributed by atoms with Gasteiger partial charge in [-0.05, 0) is 37.6 Å².